The number of nitrogens with one attached hydrogen (secondary N) is 1. The number of anilines is 1. The van der Waals surface area contributed by atoms with Crippen LogP contribution in [0.3, 0.4) is 0 Å². The van der Waals surface area contributed by atoms with E-state index in [0.717, 1.165) is 5.56 Å². The lowest BCUT2D eigenvalue weighted by molar-refractivity contribution is 0.101. The molecular formula is C24H21N3O3. The maximum absolute atomic E-state index is 12.7. The first-order chi connectivity index (χ1) is 14.7. The fourth-order valence-corrected chi connectivity index (χ4v) is 3.19. The molecule has 6 nitrogen and oxygen atoms in total. The molecule has 4 aromatic rings. The molecule has 150 valence electrons. The minimum atomic E-state index is -0.536. The normalized spacial score (nSPS) is 10.7. The lowest BCUT2D eigenvalue weighted by Gasteiger charge is -2.11. The first-order valence-electron chi connectivity index (χ1n) is 9.73. The fourth-order valence-electron chi connectivity index (χ4n) is 3.19. The Bertz CT molecular complexity index is 1230. The molecule has 0 radical (unpaired) electrons. The van der Waals surface area contributed by atoms with Crippen LogP contribution < -0.4 is 15.5 Å². The Hall–Kier alpha value is -3.93. The molecule has 4 rings (SSSR count). The Balaban J connectivity index is 1.50. The van der Waals surface area contributed by atoms with Crippen molar-refractivity contribution in [3.8, 4) is 5.75 Å². The summed E-state index contributed by atoms with van der Waals surface area (Å²) < 4.78 is 7.41. The van der Waals surface area contributed by atoms with Crippen molar-refractivity contribution in [2.24, 2.45) is 0 Å². The Morgan fingerprint density at radius 1 is 0.967 bits per heavy atom. The van der Waals surface area contributed by atoms with E-state index < -0.39 is 5.91 Å². The highest BCUT2D eigenvalue weighted by Gasteiger charge is 2.17. The molecule has 6 heteroatoms. The second-order valence-electron chi connectivity index (χ2n) is 6.76. The second-order valence-corrected chi connectivity index (χ2v) is 6.76. The van der Waals surface area contributed by atoms with Gasteiger partial charge in [0.1, 0.15) is 12.4 Å². The smallest absolute Gasteiger partial charge is 0.280 e. The second kappa shape index (κ2) is 8.61. The summed E-state index contributed by atoms with van der Waals surface area (Å²) in [6, 6.07) is 24.0. The van der Waals surface area contributed by atoms with Gasteiger partial charge in [-0.3, -0.25) is 14.3 Å². The fraction of sp³-hybridized carbons (Fsp3) is 0.125. The first kappa shape index (κ1) is 19.4. The molecule has 0 aliphatic carbocycles. The largest absolute Gasteiger partial charge is 0.489 e. The van der Waals surface area contributed by atoms with Crippen LogP contribution in [0, 0.1) is 0 Å². The monoisotopic (exact) mass is 399 g/mol. The Labute approximate surface area is 173 Å². The van der Waals surface area contributed by atoms with Crippen molar-refractivity contribution in [1.82, 2.24) is 9.78 Å². The summed E-state index contributed by atoms with van der Waals surface area (Å²) in [6.07, 6.45) is 0. The molecule has 0 atom stereocenters. The van der Waals surface area contributed by atoms with Crippen molar-refractivity contribution >= 4 is 22.5 Å². The number of nitrogens with zero attached hydrogens (tertiary/aromatic N) is 2. The third-order valence-corrected chi connectivity index (χ3v) is 4.74. The van der Waals surface area contributed by atoms with Gasteiger partial charge in [-0.2, -0.15) is 5.10 Å². The summed E-state index contributed by atoms with van der Waals surface area (Å²) in [5, 5.41) is 7.48. The van der Waals surface area contributed by atoms with Crippen LogP contribution in [0.25, 0.3) is 10.9 Å². The summed E-state index contributed by atoms with van der Waals surface area (Å²) in [6.45, 7) is 2.93. The molecule has 1 aromatic heterocycles. The standard InChI is InChI=1S/C24H21N3O3/c1-2-27-21-11-7-6-10-20(21)23(28)22(26-27)24(29)25-18-12-14-19(15-13-18)30-16-17-8-4-3-5-9-17/h3-15H,2,16H2,1H3,(H,25,29). The number of rotatable bonds is 6. The maximum atomic E-state index is 12.7. The average Bonchev–Trinajstić information content (AvgIpc) is 2.80. The van der Waals surface area contributed by atoms with Crippen molar-refractivity contribution in [3.05, 3.63) is 100 Å². The Morgan fingerprint density at radius 3 is 2.40 bits per heavy atom. The summed E-state index contributed by atoms with van der Waals surface area (Å²) >= 11 is 0. The molecule has 0 aliphatic heterocycles. The van der Waals surface area contributed by atoms with Crippen LogP contribution in [0.5, 0.6) is 5.75 Å². The van der Waals surface area contributed by atoms with Gasteiger partial charge in [-0.25, -0.2) is 0 Å². The molecule has 1 amide bonds. The van der Waals surface area contributed by atoms with E-state index in [1.807, 2.05) is 49.4 Å². The predicted octanol–water partition coefficient (Wildman–Crippen LogP) is 4.25. The molecule has 0 spiro atoms. The van der Waals surface area contributed by atoms with Crippen molar-refractivity contribution in [3.63, 3.8) is 0 Å². The molecule has 30 heavy (non-hydrogen) atoms. The summed E-state index contributed by atoms with van der Waals surface area (Å²) in [5.74, 6) is 0.153. The van der Waals surface area contributed by atoms with E-state index in [9.17, 15) is 9.59 Å². The van der Waals surface area contributed by atoms with E-state index in [2.05, 4.69) is 10.4 Å². The van der Waals surface area contributed by atoms with Crippen molar-refractivity contribution in [1.29, 1.82) is 0 Å². The molecule has 0 saturated heterocycles. The number of aromatic nitrogens is 2. The molecule has 3 aromatic carbocycles. The zero-order chi connectivity index (χ0) is 20.9. The van der Waals surface area contributed by atoms with Crippen LogP contribution in [0.15, 0.2) is 83.7 Å². The molecule has 0 bridgehead atoms. The van der Waals surface area contributed by atoms with Crippen molar-refractivity contribution in [2.75, 3.05) is 5.32 Å². The van der Waals surface area contributed by atoms with E-state index in [0.29, 0.717) is 35.5 Å². The summed E-state index contributed by atoms with van der Waals surface area (Å²) in [7, 11) is 0. The predicted molar refractivity (Wildman–Crippen MR) is 117 cm³/mol. The van der Waals surface area contributed by atoms with Gasteiger partial charge in [0.25, 0.3) is 5.91 Å². The number of hydrogen-bond donors (Lipinski definition) is 1. The Kier molecular flexibility index (Phi) is 5.57. The number of fused-ring (bicyclic) bond motifs is 1. The van der Waals surface area contributed by atoms with Crippen molar-refractivity contribution in [2.45, 2.75) is 20.1 Å². The van der Waals surface area contributed by atoms with Crippen LogP contribution in [0.2, 0.25) is 0 Å². The van der Waals surface area contributed by atoms with Crippen LogP contribution in [-0.4, -0.2) is 15.7 Å². The number of amides is 1. The number of aryl methyl sites for hydroxylation is 1. The van der Waals surface area contributed by atoms with Gasteiger partial charge in [-0.05, 0) is 48.9 Å². The van der Waals surface area contributed by atoms with Crippen LogP contribution >= 0.6 is 0 Å². The number of benzene rings is 3. The van der Waals surface area contributed by atoms with Gasteiger partial charge in [0.2, 0.25) is 5.43 Å². The molecule has 0 fully saturated rings. The highest BCUT2D eigenvalue weighted by molar-refractivity contribution is 6.04. The highest BCUT2D eigenvalue weighted by atomic mass is 16.5. The number of carbonyl (C=O) groups is 1. The number of ether oxygens (including phenoxy) is 1. The minimum absolute atomic E-state index is 0.125. The summed E-state index contributed by atoms with van der Waals surface area (Å²) in [4.78, 5) is 25.5. The van der Waals surface area contributed by atoms with E-state index in [1.54, 1.807) is 41.1 Å². The third kappa shape index (κ3) is 4.07. The maximum Gasteiger partial charge on any atom is 0.280 e. The molecule has 1 heterocycles. The van der Waals surface area contributed by atoms with E-state index in [4.69, 9.17) is 4.74 Å². The molecule has 0 unspecified atom stereocenters. The number of carbonyl (C=O) groups excluding carboxylic acids is 1. The van der Waals surface area contributed by atoms with Gasteiger partial charge in [0, 0.05) is 17.6 Å². The lowest BCUT2D eigenvalue weighted by Crippen LogP contribution is -2.27. The molecular weight excluding hydrogens is 378 g/mol. The quantitative estimate of drug-likeness (QED) is 0.526. The zero-order valence-corrected chi connectivity index (χ0v) is 16.5. The first-order valence-corrected chi connectivity index (χ1v) is 9.73. The van der Waals surface area contributed by atoms with Gasteiger partial charge >= 0.3 is 0 Å². The van der Waals surface area contributed by atoms with Gasteiger partial charge < -0.3 is 10.1 Å². The summed E-state index contributed by atoms with van der Waals surface area (Å²) in [5.41, 5.74) is 1.84. The van der Waals surface area contributed by atoms with Crippen molar-refractivity contribution < 1.29 is 9.53 Å². The number of hydrogen-bond acceptors (Lipinski definition) is 4. The van der Waals surface area contributed by atoms with Gasteiger partial charge in [-0.1, -0.05) is 42.5 Å². The Morgan fingerprint density at radius 2 is 1.67 bits per heavy atom. The average molecular weight is 399 g/mol. The van der Waals surface area contributed by atoms with Crippen LogP contribution in [0.4, 0.5) is 5.69 Å². The van der Waals surface area contributed by atoms with Gasteiger partial charge in [0.15, 0.2) is 5.69 Å². The third-order valence-electron chi connectivity index (χ3n) is 4.74. The van der Waals surface area contributed by atoms with E-state index in [1.165, 1.54) is 0 Å². The van der Waals surface area contributed by atoms with Crippen LogP contribution in [0.1, 0.15) is 23.0 Å². The number of para-hydroxylation sites is 1. The minimum Gasteiger partial charge on any atom is -0.489 e. The molecule has 1 N–H and O–H groups in total. The van der Waals surface area contributed by atoms with E-state index in [-0.39, 0.29) is 11.1 Å². The van der Waals surface area contributed by atoms with Gasteiger partial charge in [0.05, 0.1) is 5.52 Å². The molecule has 0 aliphatic rings. The highest BCUT2D eigenvalue weighted by Crippen LogP contribution is 2.18. The molecule has 0 saturated carbocycles. The topological polar surface area (TPSA) is 73.2 Å². The van der Waals surface area contributed by atoms with Gasteiger partial charge in [-0.15, -0.1) is 0 Å². The lowest BCUT2D eigenvalue weighted by atomic mass is 10.2. The SMILES string of the molecule is CCn1nc(C(=O)Nc2ccc(OCc3ccccc3)cc2)c(=O)c2ccccc21. The zero-order valence-electron chi connectivity index (χ0n) is 16.5. The van der Waals surface area contributed by atoms with E-state index >= 15 is 0 Å². The van der Waals surface area contributed by atoms with Crippen LogP contribution in [-0.2, 0) is 13.2 Å².